The predicted octanol–water partition coefficient (Wildman–Crippen LogP) is 2.57. The Hall–Kier alpha value is -1.46. The van der Waals surface area contributed by atoms with E-state index in [1.165, 1.54) is 12.8 Å². The summed E-state index contributed by atoms with van der Waals surface area (Å²) in [5.74, 6) is 1.62. The van der Waals surface area contributed by atoms with E-state index in [1.54, 1.807) is 0 Å². The Morgan fingerprint density at radius 1 is 1.31 bits per heavy atom. The second-order valence-electron chi connectivity index (χ2n) is 8.53. The summed E-state index contributed by atoms with van der Waals surface area (Å²) < 4.78 is 5.56. The van der Waals surface area contributed by atoms with Crippen LogP contribution in [0.1, 0.15) is 37.8 Å². The molecule has 5 heteroatoms. The van der Waals surface area contributed by atoms with E-state index in [0.717, 1.165) is 64.3 Å². The number of carbonyl (C=O) groups is 1. The van der Waals surface area contributed by atoms with Crippen LogP contribution >= 0.6 is 0 Å². The molecular formula is C21H31N3O2. The molecule has 3 fully saturated rings. The minimum atomic E-state index is 0.293. The van der Waals surface area contributed by atoms with E-state index in [0.29, 0.717) is 23.2 Å². The van der Waals surface area contributed by atoms with Crippen molar-refractivity contribution in [3.63, 3.8) is 0 Å². The van der Waals surface area contributed by atoms with E-state index in [4.69, 9.17) is 4.74 Å². The van der Waals surface area contributed by atoms with Crippen LogP contribution in [0.4, 0.5) is 0 Å². The van der Waals surface area contributed by atoms with E-state index < -0.39 is 0 Å². The summed E-state index contributed by atoms with van der Waals surface area (Å²) in [6.07, 6.45) is 7.37. The monoisotopic (exact) mass is 357 g/mol. The maximum absolute atomic E-state index is 12.4. The minimum Gasteiger partial charge on any atom is -0.384 e. The summed E-state index contributed by atoms with van der Waals surface area (Å²) in [4.78, 5) is 21.6. The summed E-state index contributed by atoms with van der Waals surface area (Å²) >= 11 is 0. The maximum atomic E-state index is 12.4. The number of methoxy groups -OCH3 is 1. The molecule has 4 rings (SSSR count). The standard InChI is InChI=1S/C21H31N3O2/c1-26-15-18-13-23(14-19-4-2-3-9-22-19)16-21(18)7-10-24(11-8-21)20(25)12-17-5-6-17/h2-4,9,17-18H,5-8,10-16H2,1H3/t18-/m1/s1. The second-order valence-corrected chi connectivity index (χ2v) is 8.53. The molecule has 1 aliphatic carbocycles. The van der Waals surface area contributed by atoms with Crippen molar-refractivity contribution in [2.24, 2.45) is 17.3 Å². The Morgan fingerprint density at radius 2 is 2.12 bits per heavy atom. The van der Waals surface area contributed by atoms with Gasteiger partial charge in [0.25, 0.3) is 0 Å². The molecule has 0 unspecified atom stereocenters. The Morgan fingerprint density at radius 3 is 2.77 bits per heavy atom. The molecule has 1 spiro atoms. The number of amides is 1. The highest BCUT2D eigenvalue weighted by Crippen LogP contribution is 2.45. The van der Waals surface area contributed by atoms with Crippen LogP contribution < -0.4 is 0 Å². The number of likely N-dealkylation sites (tertiary alicyclic amines) is 2. The lowest BCUT2D eigenvalue weighted by Crippen LogP contribution is -2.47. The van der Waals surface area contributed by atoms with Gasteiger partial charge in [-0.1, -0.05) is 6.07 Å². The van der Waals surface area contributed by atoms with Gasteiger partial charge < -0.3 is 9.64 Å². The van der Waals surface area contributed by atoms with Crippen LogP contribution in [0.15, 0.2) is 24.4 Å². The molecule has 0 aromatic carbocycles. The highest BCUT2D eigenvalue weighted by Gasteiger charge is 2.48. The van der Waals surface area contributed by atoms with Crippen molar-refractivity contribution in [3.05, 3.63) is 30.1 Å². The smallest absolute Gasteiger partial charge is 0.222 e. The van der Waals surface area contributed by atoms with E-state index in [1.807, 2.05) is 19.4 Å². The van der Waals surface area contributed by atoms with Crippen molar-refractivity contribution < 1.29 is 9.53 Å². The van der Waals surface area contributed by atoms with Gasteiger partial charge in [0.2, 0.25) is 5.91 Å². The fourth-order valence-corrected chi connectivity index (χ4v) is 4.88. The van der Waals surface area contributed by atoms with Crippen molar-refractivity contribution >= 4 is 5.91 Å². The number of carbonyl (C=O) groups excluding carboxylic acids is 1. The van der Waals surface area contributed by atoms with Crippen LogP contribution in [0.3, 0.4) is 0 Å². The lowest BCUT2D eigenvalue weighted by Gasteiger charge is -2.42. The van der Waals surface area contributed by atoms with Crippen LogP contribution in [0.2, 0.25) is 0 Å². The SMILES string of the molecule is COC[C@H]1CN(Cc2ccccn2)CC12CCN(C(=O)CC1CC1)CC2. The number of hydrogen-bond acceptors (Lipinski definition) is 4. The van der Waals surface area contributed by atoms with Gasteiger partial charge in [-0.3, -0.25) is 14.7 Å². The quantitative estimate of drug-likeness (QED) is 0.785. The molecule has 1 aromatic heterocycles. The molecule has 1 aromatic rings. The summed E-state index contributed by atoms with van der Waals surface area (Å²) in [7, 11) is 1.81. The Bertz CT molecular complexity index is 609. The number of pyridine rings is 1. The maximum Gasteiger partial charge on any atom is 0.222 e. The van der Waals surface area contributed by atoms with E-state index in [-0.39, 0.29) is 0 Å². The molecule has 2 saturated heterocycles. The van der Waals surface area contributed by atoms with E-state index in [9.17, 15) is 4.79 Å². The van der Waals surface area contributed by atoms with Gasteiger partial charge in [-0.25, -0.2) is 0 Å². The first-order valence-electron chi connectivity index (χ1n) is 10.1. The van der Waals surface area contributed by atoms with Crippen LogP contribution in [-0.4, -0.2) is 60.6 Å². The zero-order valence-electron chi connectivity index (χ0n) is 15.9. The molecule has 1 saturated carbocycles. The molecule has 1 amide bonds. The summed E-state index contributed by atoms with van der Waals surface area (Å²) in [6, 6.07) is 6.14. The van der Waals surface area contributed by atoms with Crippen LogP contribution in [0.25, 0.3) is 0 Å². The zero-order valence-corrected chi connectivity index (χ0v) is 15.9. The molecule has 1 atom stereocenters. The van der Waals surface area contributed by atoms with Crippen molar-refractivity contribution in [3.8, 4) is 0 Å². The lowest BCUT2D eigenvalue weighted by atomic mass is 9.71. The third-order valence-corrected chi connectivity index (χ3v) is 6.63. The highest BCUT2D eigenvalue weighted by atomic mass is 16.5. The van der Waals surface area contributed by atoms with Crippen molar-refractivity contribution in [1.82, 2.24) is 14.8 Å². The first-order chi connectivity index (χ1) is 12.7. The predicted molar refractivity (Wildman–Crippen MR) is 100 cm³/mol. The van der Waals surface area contributed by atoms with Gasteiger partial charge in [0.05, 0.1) is 12.3 Å². The molecule has 26 heavy (non-hydrogen) atoms. The number of nitrogens with zero attached hydrogens (tertiary/aromatic N) is 3. The molecular weight excluding hydrogens is 326 g/mol. The van der Waals surface area contributed by atoms with Gasteiger partial charge >= 0.3 is 0 Å². The van der Waals surface area contributed by atoms with E-state index in [2.05, 4.69) is 26.9 Å². The Kier molecular flexibility index (Phi) is 5.28. The number of aromatic nitrogens is 1. The second kappa shape index (κ2) is 7.65. The average Bonchev–Trinajstić information content (AvgIpc) is 3.41. The normalized spacial score (nSPS) is 25.7. The van der Waals surface area contributed by atoms with Gasteiger partial charge in [0, 0.05) is 58.4 Å². The summed E-state index contributed by atoms with van der Waals surface area (Å²) in [6.45, 7) is 5.73. The third-order valence-electron chi connectivity index (χ3n) is 6.63. The molecule has 5 nitrogen and oxygen atoms in total. The zero-order chi connectivity index (χ0) is 18.0. The van der Waals surface area contributed by atoms with Gasteiger partial charge in [-0.2, -0.15) is 0 Å². The number of rotatable bonds is 6. The molecule has 0 N–H and O–H groups in total. The highest BCUT2D eigenvalue weighted by molar-refractivity contribution is 5.76. The first-order valence-corrected chi connectivity index (χ1v) is 10.1. The minimum absolute atomic E-state index is 0.293. The van der Waals surface area contributed by atoms with Crippen LogP contribution in [0, 0.1) is 17.3 Å². The molecule has 0 radical (unpaired) electrons. The fraction of sp³-hybridized carbons (Fsp3) is 0.714. The van der Waals surface area contributed by atoms with E-state index >= 15 is 0 Å². The number of piperidine rings is 1. The molecule has 3 aliphatic rings. The van der Waals surface area contributed by atoms with Gasteiger partial charge in [-0.15, -0.1) is 0 Å². The lowest BCUT2D eigenvalue weighted by molar-refractivity contribution is -0.134. The van der Waals surface area contributed by atoms with Crippen molar-refractivity contribution in [2.75, 3.05) is 39.9 Å². The summed E-state index contributed by atoms with van der Waals surface area (Å²) in [5, 5.41) is 0. The molecule has 2 aliphatic heterocycles. The number of hydrogen-bond donors (Lipinski definition) is 0. The van der Waals surface area contributed by atoms with Crippen LogP contribution in [0.5, 0.6) is 0 Å². The van der Waals surface area contributed by atoms with Gasteiger partial charge in [0.15, 0.2) is 0 Å². The molecule has 3 heterocycles. The topological polar surface area (TPSA) is 45.7 Å². The van der Waals surface area contributed by atoms with Gasteiger partial charge in [-0.05, 0) is 49.1 Å². The van der Waals surface area contributed by atoms with Gasteiger partial charge in [0.1, 0.15) is 0 Å². The average molecular weight is 357 g/mol. The van der Waals surface area contributed by atoms with Crippen molar-refractivity contribution in [1.29, 1.82) is 0 Å². The summed E-state index contributed by atoms with van der Waals surface area (Å²) in [5.41, 5.74) is 1.43. The largest absolute Gasteiger partial charge is 0.384 e. The fourth-order valence-electron chi connectivity index (χ4n) is 4.88. The molecule has 142 valence electrons. The first kappa shape index (κ1) is 17.9. The van der Waals surface area contributed by atoms with Crippen molar-refractivity contribution in [2.45, 2.75) is 38.6 Å². The third kappa shape index (κ3) is 3.94. The molecule has 0 bridgehead atoms. The number of ether oxygens (including phenoxy) is 1. The Balaban J connectivity index is 1.38. The Labute approximate surface area is 156 Å². The van der Waals surface area contributed by atoms with Crippen LogP contribution in [-0.2, 0) is 16.1 Å².